The fourth-order valence-corrected chi connectivity index (χ4v) is 2.45. The minimum atomic E-state index is 0.450. The number of hydrogen-bond donors (Lipinski definition) is 1. The molecule has 0 amide bonds. The number of anilines is 1. The molecule has 2 N–H and O–H groups in total. The van der Waals surface area contributed by atoms with Crippen LogP contribution in [0.5, 0.6) is 0 Å². The third-order valence-electron chi connectivity index (χ3n) is 3.04. The van der Waals surface area contributed by atoms with Crippen LogP contribution < -0.4 is 10.6 Å². The van der Waals surface area contributed by atoms with Crippen molar-refractivity contribution in [1.82, 2.24) is 4.98 Å². The fourth-order valence-electron chi connectivity index (χ4n) is 2.19. The Morgan fingerprint density at radius 2 is 2.06 bits per heavy atom. The van der Waals surface area contributed by atoms with E-state index in [1.807, 2.05) is 19.2 Å². The summed E-state index contributed by atoms with van der Waals surface area (Å²) in [6, 6.07) is 1.96. The molecule has 4 heteroatoms. The van der Waals surface area contributed by atoms with Crippen LogP contribution in [0.3, 0.4) is 0 Å². The van der Waals surface area contributed by atoms with Gasteiger partial charge in [-0.3, -0.25) is 0 Å². The van der Waals surface area contributed by atoms with Crippen molar-refractivity contribution in [2.45, 2.75) is 26.2 Å². The molecule has 1 aromatic rings. The van der Waals surface area contributed by atoms with Crippen molar-refractivity contribution in [2.75, 3.05) is 18.0 Å². The molecule has 0 unspecified atom stereocenters. The Morgan fingerprint density at radius 1 is 1.38 bits per heavy atom. The molecule has 0 radical (unpaired) electrons. The van der Waals surface area contributed by atoms with Crippen molar-refractivity contribution in [3.8, 4) is 0 Å². The molecule has 2 rings (SSSR count). The molecule has 0 saturated carbocycles. The number of pyridine rings is 1. The third-order valence-corrected chi connectivity index (χ3v) is 3.25. The molecule has 3 nitrogen and oxygen atoms in total. The van der Waals surface area contributed by atoms with E-state index in [1.165, 1.54) is 19.3 Å². The van der Waals surface area contributed by atoms with Crippen molar-refractivity contribution >= 4 is 23.0 Å². The van der Waals surface area contributed by atoms with Crippen LogP contribution in [0.15, 0.2) is 12.3 Å². The second-order valence-corrected chi connectivity index (χ2v) is 4.68. The smallest absolute Gasteiger partial charge is 0.139 e. The van der Waals surface area contributed by atoms with E-state index in [4.69, 9.17) is 18.0 Å². The summed E-state index contributed by atoms with van der Waals surface area (Å²) in [4.78, 5) is 7.19. The summed E-state index contributed by atoms with van der Waals surface area (Å²) >= 11 is 5.12. The average molecular weight is 235 g/mol. The molecule has 1 saturated heterocycles. The van der Waals surface area contributed by atoms with Gasteiger partial charge in [-0.2, -0.15) is 0 Å². The van der Waals surface area contributed by atoms with E-state index in [-0.39, 0.29) is 0 Å². The lowest BCUT2D eigenvalue weighted by atomic mass is 10.1. The lowest BCUT2D eigenvalue weighted by Crippen LogP contribution is -2.32. The summed E-state index contributed by atoms with van der Waals surface area (Å²) in [5.74, 6) is 0.965. The Kier molecular flexibility index (Phi) is 3.39. The molecule has 0 bridgehead atoms. The highest BCUT2D eigenvalue weighted by atomic mass is 32.1. The number of rotatable bonds is 2. The van der Waals surface area contributed by atoms with Gasteiger partial charge in [0.1, 0.15) is 10.8 Å². The van der Waals surface area contributed by atoms with E-state index in [0.717, 1.165) is 30.0 Å². The summed E-state index contributed by atoms with van der Waals surface area (Å²) in [7, 11) is 0. The zero-order valence-electron chi connectivity index (χ0n) is 9.57. The largest absolute Gasteiger partial charge is 0.389 e. The minimum absolute atomic E-state index is 0.450. The highest BCUT2D eigenvalue weighted by Gasteiger charge is 2.18. The third kappa shape index (κ3) is 2.16. The van der Waals surface area contributed by atoms with Crippen molar-refractivity contribution < 1.29 is 0 Å². The first-order valence-electron chi connectivity index (χ1n) is 5.70. The fraction of sp³-hybridized carbons (Fsp3) is 0.500. The zero-order chi connectivity index (χ0) is 11.5. The second kappa shape index (κ2) is 4.78. The Balaban J connectivity index is 2.38. The highest BCUT2D eigenvalue weighted by molar-refractivity contribution is 7.80. The van der Waals surface area contributed by atoms with Gasteiger partial charge in [-0.25, -0.2) is 4.98 Å². The van der Waals surface area contributed by atoms with E-state index in [9.17, 15) is 0 Å². The maximum absolute atomic E-state index is 5.79. The van der Waals surface area contributed by atoms with Crippen LogP contribution in [0.25, 0.3) is 0 Å². The molecule has 1 aliphatic rings. The van der Waals surface area contributed by atoms with Gasteiger partial charge in [0.25, 0.3) is 0 Å². The summed E-state index contributed by atoms with van der Waals surface area (Å²) in [6.45, 7) is 4.15. The van der Waals surface area contributed by atoms with Gasteiger partial charge >= 0.3 is 0 Å². The van der Waals surface area contributed by atoms with E-state index < -0.39 is 0 Å². The molecule has 86 valence electrons. The van der Waals surface area contributed by atoms with Crippen molar-refractivity contribution in [1.29, 1.82) is 0 Å². The number of piperidine rings is 1. The van der Waals surface area contributed by atoms with Gasteiger partial charge < -0.3 is 10.6 Å². The quantitative estimate of drug-likeness (QED) is 0.796. The first-order chi connectivity index (χ1) is 7.70. The topological polar surface area (TPSA) is 42.2 Å². The Morgan fingerprint density at radius 3 is 2.69 bits per heavy atom. The van der Waals surface area contributed by atoms with Crippen molar-refractivity contribution in [3.05, 3.63) is 23.4 Å². The number of hydrogen-bond acceptors (Lipinski definition) is 3. The minimum Gasteiger partial charge on any atom is -0.389 e. The highest BCUT2D eigenvalue weighted by Crippen LogP contribution is 2.23. The first kappa shape index (κ1) is 11.3. The Labute approximate surface area is 102 Å². The average Bonchev–Trinajstić information content (AvgIpc) is 2.29. The predicted molar refractivity (Wildman–Crippen MR) is 70.9 cm³/mol. The van der Waals surface area contributed by atoms with E-state index in [2.05, 4.69) is 9.88 Å². The van der Waals surface area contributed by atoms with Crippen molar-refractivity contribution in [3.63, 3.8) is 0 Å². The molecule has 1 fully saturated rings. The normalized spacial score (nSPS) is 16.2. The van der Waals surface area contributed by atoms with Crippen LogP contribution >= 0.6 is 12.2 Å². The molecule has 16 heavy (non-hydrogen) atoms. The maximum Gasteiger partial charge on any atom is 0.139 e. The van der Waals surface area contributed by atoms with Crippen LogP contribution in [0.1, 0.15) is 30.4 Å². The summed E-state index contributed by atoms with van der Waals surface area (Å²) in [5, 5.41) is 0. The van der Waals surface area contributed by atoms with Gasteiger partial charge in [-0.05, 0) is 37.8 Å². The Bertz CT molecular complexity index is 397. The molecular formula is C12H17N3S. The van der Waals surface area contributed by atoms with Crippen LogP contribution in [0.2, 0.25) is 0 Å². The zero-order valence-corrected chi connectivity index (χ0v) is 10.4. The molecule has 2 heterocycles. The predicted octanol–water partition coefficient (Wildman–Crippen LogP) is 2.01. The molecule has 0 spiro atoms. The first-order valence-corrected chi connectivity index (χ1v) is 6.11. The summed E-state index contributed by atoms with van der Waals surface area (Å²) in [6.07, 6.45) is 5.60. The number of nitrogens with two attached hydrogens (primary N) is 1. The van der Waals surface area contributed by atoms with Gasteiger partial charge in [-0.15, -0.1) is 0 Å². The SMILES string of the molecule is Cc1ccnc(N2CCCCC2)c1C(N)=S. The van der Waals surface area contributed by atoms with Gasteiger partial charge in [0.15, 0.2) is 0 Å². The van der Waals surface area contributed by atoms with E-state index >= 15 is 0 Å². The maximum atomic E-state index is 5.79. The number of aryl methyl sites for hydroxylation is 1. The molecule has 0 aromatic carbocycles. The Hall–Kier alpha value is -1.16. The standard InChI is InChI=1S/C12H17N3S/c1-9-5-6-14-12(10(9)11(13)16)15-7-3-2-4-8-15/h5-6H,2-4,7-8H2,1H3,(H2,13,16). The summed E-state index contributed by atoms with van der Waals surface area (Å²) < 4.78 is 0. The molecule has 0 aliphatic carbocycles. The lowest BCUT2D eigenvalue weighted by Gasteiger charge is -2.29. The van der Waals surface area contributed by atoms with Crippen LogP contribution in [-0.4, -0.2) is 23.1 Å². The lowest BCUT2D eigenvalue weighted by molar-refractivity contribution is 0.573. The van der Waals surface area contributed by atoms with E-state index in [1.54, 1.807) is 0 Å². The van der Waals surface area contributed by atoms with Crippen LogP contribution in [-0.2, 0) is 0 Å². The molecular weight excluding hydrogens is 218 g/mol. The van der Waals surface area contributed by atoms with Crippen molar-refractivity contribution in [2.24, 2.45) is 5.73 Å². The monoisotopic (exact) mass is 235 g/mol. The summed E-state index contributed by atoms with van der Waals surface area (Å²) in [5.41, 5.74) is 7.84. The number of aromatic nitrogens is 1. The van der Waals surface area contributed by atoms with Crippen LogP contribution in [0.4, 0.5) is 5.82 Å². The van der Waals surface area contributed by atoms with E-state index in [0.29, 0.717) is 4.99 Å². The molecule has 0 atom stereocenters. The van der Waals surface area contributed by atoms with Gasteiger partial charge in [0.2, 0.25) is 0 Å². The molecule has 1 aromatic heterocycles. The number of nitrogens with zero attached hydrogens (tertiary/aromatic N) is 2. The van der Waals surface area contributed by atoms with Gasteiger partial charge in [0.05, 0.1) is 5.56 Å². The molecule has 1 aliphatic heterocycles. The van der Waals surface area contributed by atoms with Gasteiger partial charge in [-0.1, -0.05) is 12.2 Å². The number of thiocarbonyl (C=S) groups is 1. The second-order valence-electron chi connectivity index (χ2n) is 4.24. The van der Waals surface area contributed by atoms with Crippen LogP contribution in [0, 0.1) is 6.92 Å². The van der Waals surface area contributed by atoms with Gasteiger partial charge in [0, 0.05) is 19.3 Å².